The third-order valence-corrected chi connectivity index (χ3v) is 3.73. The number of aromatic nitrogens is 2. The Bertz CT molecular complexity index is 627. The first kappa shape index (κ1) is 25.5. The van der Waals surface area contributed by atoms with Crippen LogP contribution in [0.3, 0.4) is 0 Å². The minimum Gasteiger partial charge on any atom is -0.477 e. The van der Waals surface area contributed by atoms with Gasteiger partial charge in [0.2, 0.25) is 0 Å². The zero-order chi connectivity index (χ0) is 19.4. The van der Waals surface area contributed by atoms with Crippen LogP contribution >= 0.6 is 0 Å². The molecule has 0 bridgehead atoms. The van der Waals surface area contributed by atoms with Crippen LogP contribution in [0.15, 0.2) is 36.7 Å². The summed E-state index contributed by atoms with van der Waals surface area (Å²) in [4.78, 5) is 28.6. The Balaban J connectivity index is 0.000000483. The second-order valence-corrected chi connectivity index (χ2v) is 5.92. The van der Waals surface area contributed by atoms with Gasteiger partial charge in [0.1, 0.15) is 11.4 Å². The van der Waals surface area contributed by atoms with Crippen molar-refractivity contribution in [2.75, 3.05) is 0 Å². The van der Waals surface area contributed by atoms with E-state index in [2.05, 4.69) is 23.8 Å². The first-order valence-corrected chi connectivity index (χ1v) is 8.84. The van der Waals surface area contributed by atoms with E-state index in [1.807, 2.05) is 12.1 Å². The van der Waals surface area contributed by atoms with Gasteiger partial charge in [-0.15, -0.1) is 0 Å². The van der Waals surface area contributed by atoms with Crippen LogP contribution in [-0.2, 0) is 12.8 Å². The third-order valence-electron chi connectivity index (χ3n) is 3.73. The van der Waals surface area contributed by atoms with Crippen molar-refractivity contribution in [1.29, 1.82) is 0 Å². The van der Waals surface area contributed by atoms with Gasteiger partial charge in [-0.25, -0.2) is 19.6 Å². The van der Waals surface area contributed by atoms with Crippen LogP contribution in [0, 0.1) is 0 Å². The van der Waals surface area contributed by atoms with E-state index >= 15 is 0 Å². The number of carbonyl (C=O) groups is 2. The fraction of sp³-hybridized carbons (Fsp3) is 0.400. The number of hydrogen-bond acceptors (Lipinski definition) is 4. The van der Waals surface area contributed by atoms with Gasteiger partial charge in [0, 0.05) is 50.1 Å². The van der Waals surface area contributed by atoms with Gasteiger partial charge >= 0.3 is 11.9 Å². The molecule has 2 aromatic rings. The molecule has 7 heteroatoms. The molecule has 6 nitrogen and oxygen atoms in total. The van der Waals surface area contributed by atoms with E-state index in [9.17, 15) is 9.59 Å². The number of nitrogens with zero attached hydrogens (tertiary/aromatic N) is 2. The molecule has 2 heterocycles. The summed E-state index contributed by atoms with van der Waals surface area (Å²) in [5.74, 6) is -1.94. The normalized spacial score (nSPS) is 9.56. The van der Waals surface area contributed by atoms with Crippen LogP contribution < -0.4 is 0 Å². The maximum absolute atomic E-state index is 10.5. The molecule has 0 amide bonds. The molecule has 0 aliphatic carbocycles. The van der Waals surface area contributed by atoms with Gasteiger partial charge in [-0.1, -0.05) is 38.8 Å². The van der Waals surface area contributed by atoms with E-state index in [0.717, 1.165) is 49.7 Å². The standard InChI is InChI=1S/2C10H13NO2.Ca/c2*1-2-3-4-8-5-6-9(10(12)13)11-7-8;/h2*5-7H,2-4H2,1H3,(H,12,13);. The van der Waals surface area contributed by atoms with Crippen molar-refractivity contribution < 1.29 is 19.8 Å². The predicted molar refractivity (Wildman–Crippen MR) is 105 cm³/mol. The topological polar surface area (TPSA) is 100 Å². The fourth-order valence-electron chi connectivity index (χ4n) is 2.16. The molecule has 142 valence electrons. The van der Waals surface area contributed by atoms with Crippen LogP contribution in [0.25, 0.3) is 0 Å². The molecule has 0 unspecified atom stereocenters. The molecule has 27 heavy (non-hydrogen) atoms. The summed E-state index contributed by atoms with van der Waals surface area (Å²) >= 11 is 0. The summed E-state index contributed by atoms with van der Waals surface area (Å²) in [6, 6.07) is 6.75. The van der Waals surface area contributed by atoms with E-state index in [1.165, 1.54) is 0 Å². The van der Waals surface area contributed by atoms with E-state index in [-0.39, 0.29) is 49.1 Å². The molecule has 2 N–H and O–H groups in total. The van der Waals surface area contributed by atoms with Gasteiger partial charge in [-0.3, -0.25) is 0 Å². The predicted octanol–water partition coefficient (Wildman–Crippen LogP) is 3.86. The molecule has 0 fully saturated rings. The monoisotopic (exact) mass is 398 g/mol. The summed E-state index contributed by atoms with van der Waals surface area (Å²) in [6.45, 7) is 4.25. The summed E-state index contributed by atoms with van der Waals surface area (Å²) in [5.41, 5.74) is 2.43. The Hall–Kier alpha value is -1.50. The van der Waals surface area contributed by atoms with Gasteiger partial charge in [0.05, 0.1) is 0 Å². The molecule has 2 rings (SSSR count). The summed E-state index contributed by atoms with van der Waals surface area (Å²) in [6.07, 6.45) is 9.74. The molecule has 0 aromatic carbocycles. The number of aromatic carboxylic acids is 2. The largest absolute Gasteiger partial charge is 0.477 e. The van der Waals surface area contributed by atoms with Gasteiger partial charge < -0.3 is 10.2 Å². The summed E-state index contributed by atoms with van der Waals surface area (Å²) < 4.78 is 0. The van der Waals surface area contributed by atoms with Crippen LogP contribution in [-0.4, -0.2) is 69.9 Å². The molecule has 0 saturated heterocycles. The number of aryl methyl sites for hydroxylation is 2. The number of rotatable bonds is 8. The van der Waals surface area contributed by atoms with Crippen molar-refractivity contribution in [2.45, 2.75) is 52.4 Å². The van der Waals surface area contributed by atoms with E-state index in [4.69, 9.17) is 10.2 Å². The molecular formula is C20H26CaN2O4. The van der Waals surface area contributed by atoms with Crippen molar-refractivity contribution in [2.24, 2.45) is 0 Å². The smallest absolute Gasteiger partial charge is 0.354 e. The number of hydrogen-bond donors (Lipinski definition) is 2. The molecule has 0 atom stereocenters. The quantitative estimate of drug-likeness (QED) is 0.655. The number of pyridine rings is 2. The Morgan fingerprint density at radius 3 is 1.37 bits per heavy atom. The molecule has 0 saturated carbocycles. The van der Waals surface area contributed by atoms with Crippen molar-refractivity contribution in [3.05, 3.63) is 59.2 Å². The third kappa shape index (κ3) is 10.4. The second-order valence-electron chi connectivity index (χ2n) is 5.92. The second kappa shape index (κ2) is 14.5. The first-order chi connectivity index (χ1) is 12.5. The van der Waals surface area contributed by atoms with Gasteiger partial charge in [0.15, 0.2) is 0 Å². The zero-order valence-electron chi connectivity index (χ0n) is 16.0. The van der Waals surface area contributed by atoms with Crippen LogP contribution in [0.1, 0.15) is 71.6 Å². The Kier molecular flexibility index (Phi) is 13.7. The summed E-state index contributed by atoms with van der Waals surface area (Å²) in [5, 5.41) is 17.2. The summed E-state index contributed by atoms with van der Waals surface area (Å²) in [7, 11) is 0. The van der Waals surface area contributed by atoms with Crippen LogP contribution in [0.5, 0.6) is 0 Å². The molecule has 2 aromatic heterocycles. The van der Waals surface area contributed by atoms with E-state index < -0.39 is 11.9 Å². The van der Waals surface area contributed by atoms with Crippen molar-refractivity contribution in [3.63, 3.8) is 0 Å². The molecule has 0 aliphatic rings. The average Bonchev–Trinajstić information content (AvgIpc) is 2.66. The SMILES string of the molecule is CCCCc1ccc(C(=O)O)nc1.CCCCc1ccc(C(=O)O)nc1.[Ca]. The van der Waals surface area contributed by atoms with Crippen LogP contribution in [0.2, 0.25) is 0 Å². The minimum atomic E-state index is -0.970. The van der Waals surface area contributed by atoms with E-state index in [0.29, 0.717) is 0 Å². The Morgan fingerprint density at radius 2 is 1.15 bits per heavy atom. The maximum Gasteiger partial charge on any atom is 0.354 e. The minimum absolute atomic E-state index is 0. The molecule has 0 spiro atoms. The van der Waals surface area contributed by atoms with Crippen LogP contribution in [0.4, 0.5) is 0 Å². The molecule has 2 radical (unpaired) electrons. The number of unbranched alkanes of at least 4 members (excludes halogenated alkanes) is 2. The van der Waals surface area contributed by atoms with E-state index in [1.54, 1.807) is 24.5 Å². The van der Waals surface area contributed by atoms with Gasteiger partial charge in [-0.05, 0) is 48.9 Å². The number of carboxylic acids is 2. The van der Waals surface area contributed by atoms with Crippen molar-refractivity contribution in [1.82, 2.24) is 9.97 Å². The van der Waals surface area contributed by atoms with Crippen molar-refractivity contribution >= 4 is 49.7 Å². The van der Waals surface area contributed by atoms with Gasteiger partial charge in [0.25, 0.3) is 0 Å². The Morgan fingerprint density at radius 1 is 0.778 bits per heavy atom. The van der Waals surface area contributed by atoms with Gasteiger partial charge in [-0.2, -0.15) is 0 Å². The first-order valence-electron chi connectivity index (χ1n) is 8.84. The molecular weight excluding hydrogens is 372 g/mol. The van der Waals surface area contributed by atoms with Crippen molar-refractivity contribution in [3.8, 4) is 0 Å². The average molecular weight is 399 g/mol. The number of carboxylic acid groups (broad SMARTS) is 2. The Labute approximate surface area is 190 Å². The zero-order valence-corrected chi connectivity index (χ0v) is 18.2. The molecule has 0 aliphatic heterocycles. The maximum atomic E-state index is 10.5. The fourth-order valence-corrected chi connectivity index (χ4v) is 2.16.